The van der Waals surface area contributed by atoms with Crippen molar-refractivity contribution in [2.24, 2.45) is 0 Å². The summed E-state index contributed by atoms with van der Waals surface area (Å²) in [7, 11) is 0. The van der Waals surface area contributed by atoms with Gasteiger partial charge in [0, 0.05) is 29.8 Å². The highest BCUT2D eigenvalue weighted by atomic mass is 32.2. The third-order valence-electron chi connectivity index (χ3n) is 4.10. The van der Waals surface area contributed by atoms with Gasteiger partial charge < -0.3 is 10.2 Å². The van der Waals surface area contributed by atoms with Gasteiger partial charge in [0.05, 0.1) is 0 Å². The number of carbonyl (C=O) groups excluding carboxylic acids is 1. The van der Waals surface area contributed by atoms with E-state index in [0.717, 1.165) is 31.0 Å². The van der Waals surface area contributed by atoms with Crippen molar-refractivity contribution in [3.05, 3.63) is 65.7 Å². The van der Waals surface area contributed by atoms with Crippen LogP contribution in [0.4, 0.5) is 10.5 Å². The first-order valence-electron chi connectivity index (χ1n) is 8.01. The topological polar surface area (TPSA) is 32.3 Å². The summed E-state index contributed by atoms with van der Waals surface area (Å²) in [5.74, 6) is 0.973. The lowest BCUT2D eigenvalue weighted by Gasteiger charge is -2.21. The van der Waals surface area contributed by atoms with E-state index in [1.54, 1.807) is 0 Å². The van der Waals surface area contributed by atoms with Crippen LogP contribution in [-0.2, 0) is 0 Å². The highest BCUT2D eigenvalue weighted by Gasteiger charge is 2.21. The number of hydrogen-bond donors (Lipinski definition) is 1. The zero-order chi connectivity index (χ0) is 16.1. The Morgan fingerprint density at radius 1 is 1.09 bits per heavy atom. The number of nitrogens with one attached hydrogen (secondary N) is 1. The highest BCUT2D eigenvalue weighted by molar-refractivity contribution is 7.99. The lowest BCUT2D eigenvalue weighted by atomic mass is 10.1. The molecule has 1 N–H and O–H groups in total. The second kappa shape index (κ2) is 7.55. The third-order valence-corrected chi connectivity index (χ3v) is 5.43. The molecular weight excluding hydrogens is 304 g/mol. The maximum atomic E-state index is 12.5. The zero-order valence-corrected chi connectivity index (χ0v) is 14.2. The smallest absolute Gasteiger partial charge is 0.321 e. The average Bonchev–Trinajstić information content (AvgIpc) is 2.84. The fraction of sp³-hybridized carbons (Fsp3) is 0.316. The van der Waals surface area contributed by atoms with Gasteiger partial charge in [-0.15, -0.1) is 0 Å². The van der Waals surface area contributed by atoms with Gasteiger partial charge in [0.2, 0.25) is 0 Å². The standard InChI is InChI=1S/C19H22N2OS/c1-15-7-9-17(10-8-15)20-19(22)21-12-11-18(23-14-13-21)16-5-3-2-4-6-16/h2-10,18H,11-14H2,1H3,(H,20,22). The van der Waals surface area contributed by atoms with Gasteiger partial charge in [-0.3, -0.25) is 0 Å². The van der Waals surface area contributed by atoms with E-state index < -0.39 is 0 Å². The maximum absolute atomic E-state index is 12.5. The summed E-state index contributed by atoms with van der Waals surface area (Å²) >= 11 is 1.94. The van der Waals surface area contributed by atoms with Crippen LogP contribution in [0.5, 0.6) is 0 Å². The molecule has 0 spiro atoms. The molecule has 1 heterocycles. The summed E-state index contributed by atoms with van der Waals surface area (Å²) in [5.41, 5.74) is 3.41. The summed E-state index contributed by atoms with van der Waals surface area (Å²) in [5, 5.41) is 3.48. The molecule has 1 aliphatic rings. The molecule has 2 aromatic rings. The van der Waals surface area contributed by atoms with Crippen molar-refractivity contribution in [1.29, 1.82) is 0 Å². The van der Waals surface area contributed by atoms with Crippen molar-refractivity contribution < 1.29 is 4.79 Å². The molecule has 1 atom stereocenters. The number of rotatable bonds is 2. The molecule has 120 valence electrons. The number of hydrogen-bond acceptors (Lipinski definition) is 2. The minimum atomic E-state index is 0.00293. The monoisotopic (exact) mass is 326 g/mol. The Morgan fingerprint density at radius 3 is 2.57 bits per heavy atom. The average molecular weight is 326 g/mol. The van der Waals surface area contributed by atoms with E-state index in [9.17, 15) is 4.79 Å². The summed E-state index contributed by atoms with van der Waals surface area (Å²) in [6.45, 7) is 3.64. The molecule has 4 heteroatoms. The molecule has 0 bridgehead atoms. The van der Waals surface area contributed by atoms with Crippen LogP contribution in [0.15, 0.2) is 54.6 Å². The first kappa shape index (κ1) is 15.9. The first-order valence-corrected chi connectivity index (χ1v) is 9.06. The Kier molecular flexibility index (Phi) is 5.23. The quantitative estimate of drug-likeness (QED) is 0.867. The number of urea groups is 1. The Hall–Kier alpha value is -1.94. The van der Waals surface area contributed by atoms with Gasteiger partial charge in [0.1, 0.15) is 0 Å². The van der Waals surface area contributed by atoms with Crippen molar-refractivity contribution in [1.82, 2.24) is 4.90 Å². The number of aryl methyl sites for hydroxylation is 1. The van der Waals surface area contributed by atoms with Crippen LogP contribution in [-0.4, -0.2) is 29.8 Å². The third kappa shape index (κ3) is 4.29. The Bertz CT molecular complexity index is 642. The van der Waals surface area contributed by atoms with Crippen molar-refractivity contribution in [3.8, 4) is 0 Å². The molecule has 0 aliphatic carbocycles. The lowest BCUT2D eigenvalue weighted by molar-refractivity contribution is 0.215. The Labute approximate surface area is 142 Å². The Balaban J connectivity index is 1.59. The van der Waals surface area contributed by atoms with Crippen LogP contribution in [0, 0.1) is 6.92 Å². The van der Waals surface area contributed by atoms with E-state index >= 15 is 0 Å². The fourth-order valence-corrected chi connectivity index (χ4v) is 3.98. The summed E-state index contributed by atoms with van der Waals surface area (Å²) < 4.78 is 0. The van der Waals surface area contributed by atoms with E-state index in [-0.39, 0.29) is 6.03 Å². The van der Waals surface area contributed by atoms with Crippen molar-refractivity contribution >= 4 is 23.5 Å². The van der Waals surface area contributed by atoms with Gasteiger partial charge >= 0.3 is 6.03 Å². The normalized spacial score (nSPS) is 18.3. The van der Waals surface area contributed by atoms with Crippen LogP contribution in [0.2, 0.25) is 0 Å². The van der Waals surface area contributed by atoms with Gasteiger partial charge in [-0.25, -0.2) is 4.79 Å². The van der Waals surface area contributed by atoms with Gasteiger partial charge in [-0.1, -0.05) is 48.0 Å². The number of anilines is 1. The van der Waals surface area contributed by atoms with Crippen molar-refractivity contribution in [2.45, 2.75) is 18.6 Å². The number of thioether (sulfide) groups is 1. The van der Waals surface area contributed by atoms with E-state index in [4.69, 9.17) is 0 Å². The molecule has 23 heavy (non-hydrogen) atoms. The minimum absolute atomic E-state index is 0.00293. The second-order valence-electron chi connectivity index (χ2n) is 5.84. The van der Waals surface area contributed by atoms with Gasteiger partial charge in [-0.05, 0) is 31.0 Å². The molecule has 1 fully saturated rings. The molecule has 1 unspecified atom stereocenters. The van der Waals surface area contributed by atoms with Crippen LogP contribution >= 0.6 is 11.8 Å². The number of carbonyl (C=O) groups is 1. The number of amides is 2. The zero-order valence-electron chi connectivity index (χ0n) is 13.4. The van der Waals surface area contributed by atoms with Crippen LogP contribution in [0.3, 0.4) is 0 Å². The summed E-state index contributed by atoms with van der Waals surface area (Å²) in [4.78, 5) is 14.4. The fourth-order valence-electron chi connectivity index (χ4n) is 2.75. The van der Waals surface area contributed by atoms with E-state index in [1.165, 1.54) is 11.1 Å². The highest BCUT2D eigenvalue weighted by Crippen LogP contribution is 2.34. The molecule has 1 aliphatic heterocycles. The Morgan fingerprint density at radius 2 is 1.83 bits per heavy atom. The minimum Gasteiger partial charge on any atom is -0.324 e. The molecule has 3 rings (SSSR count). The first-order chi connectivity index (χ1) is 11.2. The van der Waals surface area contributed by atoms with E-state index in [1.807, 2.05) is 53.9 Å². The van der Waals surface area contributed by atoms with Crippen LogP contribution < -0.4 is 5.32 Å². The van der Waals surface area contributed by atoms with E-state index in [2.05, 4.69) is 29.6 Å². The molecule has 1 saturated heterocycles. The molecule has 2 amide bonds. The maximum Gasteiger partial charge on any atom is 0.321 e. The van der Waals surface area contributed by atoms with Crippen LogP contribution in [0.1, 0.15) is 22.8 Å². The predicted molar refractivity (Wildman–Crippen MR) is 98.0 cm³/mol. The molecule has 3 nitrogen and oxygen atoms in total. The van der Waals surface area contributed by atoms with Crippen molar-refractivity contribution in [3.63, 3.8) is 0 Å². The number of nitrogens with zero attached hydrogens (tertiary/aromatic N) is 1. The lowest BCUT2D eigenvalue weighted by Crippen LogP contribution is -2.36. The summed E-state index contributed by atoms with van der Waals surface area (Å²) in [6, 6.07) is 18.5. The molecule has 2 aromatic carbocycles. The van der Waals surface area contributed by atoms with E-state index in [0.29, 0.717) is 5.25 Å². The van der Waals surface area contributed by atoms with Crippen LogP contribution in [0.25, 0.3) is 0 Å². The molecular formula is C19H22N2OS. The molecule has 0 saturated carbocycles. The second-order valence-corrected chi connectivity index (χ2v) is 7.15. The van der Waals surface area contributed by atoms with Gasteiger partial charge in [0.25, 0.3) is 0 Å². The van der Waals surface area contributed by atoms with Gasteiger partial charge in [-0.2, -0.15) is 11.8 Å². The molecule has 0 radical (unpaired) electrons. The predicted octanol–water partition coefficient (Wildman–Crippen LogP) is 4.71. The SMILES string of the molecule is Cc1ccc(NC(=O)N2CCSC(c3ccccc3)CC2)cc1. The van der Waals surface area contributed by atoms with Gasteiger partial charge in [0.15, 0.2) is 0 Å². The van der Waals surface area contributed by atoms with Crippen molar-refractivity contribution in [2.75, 3.05) is 24.2 Å². The summed E-state index contributed by atoms with van der Waals surface area (Å²) in [6.07, 6.45) is 0.996. The molecule has 0 aromatic heterocycles. The largest absolute Gasteiger partial charge is 0.324 e. The number of benzene rings is 2.